The summed E-state index contributed by atoms with van der Waals surface area (Å²) in [5, 5.41) is 0.801. The molecule has 0 spiro atoms. The van der Waals surface area contributed by atoms with E-state index in [0.29, 0.717) is 19.7 Å². The van der Waals surface area contributed by atoms with Gasteiger partial charge in [-0.25, -0.2) is 0 Å². The molecule has 0 aliphatic carbocycles. The van der Waals surface area contributed by atoms with Crippen molar-refractivity contribution in [1.29, 1.82) is 0 Å². The summed E-state index contributed by atoms with van der Waals surface area (Å²) in [5.74, 6) is 0.0430. The first-order valence-electron chi connectivity index (χ1n) is 7.97. The molecule has 0 aromatic heterocycles. The van der Waals surface area contributed by atoms with E-state index in [9.17, 15) is 4.79 Å². The van der Waals surface area contributed by atoms with Crippen molar-refractivity contribution in [3.63, 3.8) is 0 Å². The number of carbonyl (C=O) groups excluding carboxylic acids is 1. The number of benzene rings is 1. The Hall–Kier alpha value is -1.10. The summed E-state index contributed by atoms with van der Waals surface area (Å²) in [6.07, 6.45) is 4.31. The van der Waals surface area contributed by atoms with Crippen LogP contribution in [0.2, 0.25) is 5.02 Å². The Morgan fingerprint density at radius 2 is 2.32 bits per heavy atom. The topological polar surface area (TPSA) is 38.8 Å². The number of rotatable bonds is 4. The van der Waals surface area contributed by atoms with Gasteiger partial charge in [0.1, 0.15) is 6.61 Å². The van der Waals surface area contributed by atoms with Crippen LogP contribution in [0, 0.1) is 0 Å². The van der Waals surface area contributed by atoms with E-state index in [1.807, 2.05) is 23.1 Å². The Morgan fingerprint density at radius 1 is 1.41 bits per heavy atom. The molecule has 3 rings (SSSR count). The van der Waals surface area contributed by atoms with E-state index in [2.05, 4.69) is 0 Å². The number of nitrogens with zero attached hydrogens (tertiary/aromatic N) is 1. The molecule has 0 N–H and O–H groups in total. The van der Waals surface area contributed by atoms with Crippen LogP contribution < -0.4 is 0 Å². The Kier molecular flexibility index (Phi) is 5.34. The van der Waals surface area contributed by atoms with Crippen molar-refractivity contribution in [3.05, 3.63) is 34.3 Å². The molecule has 5 heteroatoms. The molecule has 0 bridgehead atoms. The number of ether oxygens (including phenoxy) is 2. The second-order valence-electron chi connectivity index (χ2n) is 5.95. The van der Waals surface area contributed by atoms with Gasteiger partial charge in [-0.05, 0) is 42.9 Å². The fourth-order valence-corrected chi connectivity index (χ4v) is 3.37. The highest BCUT2D eigenvalue weighted by atomic mass is 35.5. The molecule has 1 amide bonds. The van der Waals surface area contributed by atoms with Gasteiger partial charge in [0.05, 0.1) is 12.7 Å². The Labute approximate surface area is 136 Å². The van der Waals surface area contributed by atoms with E-state index < -0.39 is 0 Å². The van der Waals surface area contributed by atoms with E-state index in [4.69, 9.17) is 21.1 Å². The number of carbonyl (C=O) groups is 1. The molecular weight excluding hydrogens is 302 g/mol. The van der Waals surface area contributed by atoms with E-state index >= 15 is 0 Å². The molecule has 2 heterocycles. The molecule has 2 aliphatic heterocycles. The van der Waals surface area contributed by atoms with Crippen molar-refractivity contribution in [2.45, 2.75) is 38.3 Å². The SMILES string of the molecule is O=C(COCC1CCCCO1)N1CCc2c(Cl)cccc2C1. The maximum Gasteiger partial charge on any atom is 0.248 e. The van der Waals surface area contributed by atoms with E-state index in [1.165, 1.54) is 12.0 Å². The minimum absolute atomic E-state index is 0.0430. The molecule has 1 unspecified atom stereocenters. The van der Waals surface area contributed by atoms with Gasteiger partial charge >= 0.3 is 0 Å². The maximum absolute atomic E-state index is 12.3. The zero-order chi connectivity index (χ0) is 15.4. The minimum Gasteiger partial charge on any atom is -0.376 e. The summed E-state index contributed by atoms with van der Waals surface area (Å²) in [5.41, 5.74) is 2.31. The molecule has 22 heavy (non-hydrogen) atoms. The number of amides is 1. The van der Waals surface area contributed by atoms with Crippen molar-refractivity contribution in [2.75, 3.05) is 26.4 Å². The van der Waals surface area contributed by atoms with Gasteiger partial charge < -0.3 is 14.4 Å². The van der Waals surface area contributed by atoms with Gasteiger partial charge in [0.15, 0.2) is 0 Å². The quantitative estimate of drug-likeness (QED) is 0.855. The van der Waals surface area contributed by atoms with Crippen LogP contribution in [0.1, 0.15) is 30.4 Å². The Morgan fingerprint density at radius 3 is 3.14 bits per heavy atom. The lowest BCUT2D eigenvalue weighted by Crippen LogP contribution is -2.39. The number of hydrogen-bond donors (Lipinski definition) is 0. The minimum atomic E-state index is 0.0430. The standard InChI is InChI=1S/C17H22ClNO3/c18-16-6-3-4-13-10-19(8-7-15(13)16)17(20)12-21-11-14-5-1-2-9-22-14/h3-4,6,14H,1-2,5,7-12H2. The normalized spacial score (nSPS) is 21.5. The molecule has 120 valence electrons. The molecule has 1 aromatic carbocycles. The average molecular weight is 324 g/mol. The lowest BCUT2D eigenvalue weighted by molar-refractivity contribution is -0.139. The van der Waals surface area contributed by atoms with E-state index in [0.717, 1.165) is 36.5 Å². The van der Waals surface area contributed by atoms with Crippen LogP contribution in [0.3, 0.4) is 0 Å². The summed E-state index contributed by atoms with van der Waals surface area (Å²) in [6, 6.07) is 5.88. The number of hydrogen-bond acceptors (Lipinski definition) is 3. The summed E-state index contributed by atoms with van der Waals surface area (Å²) >= 11 is 6.20. The van der Waals surface area contributed by atoms with E-state index in [1.54, 1.807) is 0 Å². The summed E-state index contributed by atoms with van der Waals surface area (Å²) in [4.78, 5) is 14.1. The van der Waals surface area contributed by atoms with Crippen molar-refractivity contribution < 1.29 is 14.3 Å². The van der Waals surface area contributed by atoms with Crippen LogP contribution in [0.5, 0.6) is 0 Å². The Balaban J connectivity index is 1.47. The van der Waals surface area contributed by atoms with Crippen LogP contribution in [-0.4, -0.2) is 43.3 Å². The first-order valence-corrected chi connectivity index (χ1v) is 8.35. The van der Waals surface area contributed by atoms with Gasteiger partial charge in [-0.3, -0.25) is 4.79 Å². The third-order valence-electron chi connectivity index (χ3n) is 4.36. The molecule has 1 fully saturated rings. The third-order valence-corrected chi connectivity index (χ3v) is 4.72. The van der Waals surface area contributed by atoms with Gasteiger partial charge in [-0.15, -0.1) is 0 Å². The molecule has 1 aromatic rings. The number of halogens is 1. The molecule has 4 nitrogen and oxygen atoms in total. The molecule has 2 aliphatic rings. The van der Waals surface area contributed by atoms with Gasteiger partial charge in [0.25, 0.3) is 0 Å². The van der Waals surface area contributed by atoms with Crippen molar-refractivity contribution in [1.82, 2.24) is 4.90 Å². The third kappa shape index (κ3) is 3.80. The van der Waals surface area contributed by atoms with Crippen LogP contribution >= 0.6 is 11.6 Å². The Bertz CT molecular complexity index is 529. The highest BCUT2D eigenvalue weighted by molar-refractivity contribution is 6.31. The summed E-state index contributed by atoms with van der Waals surface area (Å²) in [6.45, 7) is 2.79. The van der Waals surface area contributed by atoms with Gasteiger partial charge in [0, 0.05) is 24.7 Å². The zero-order valence-electron chi connectivity index (χ0n) is 12.7. The van der Waals surface area contributed by atoms with Gasteiger partial charge in [-0.2, -0.15) is 0 Å². The molecule has 1 saturated heterocycles. The second kappa shape index (κ2) is 7.44. The summed E-state index contributed by atoms with van der Waals surface area (Å²) in [7, 11) is 0. The predicted molar refractivity (Wildman–Crippen MR) is 85.0 cm³/mol. The zero-order valence-corrected chi connectivity index (χ0v) is 13.5. The average Bonchev–Trinajstić information content (AvgIpc) is 2.55. The molecular formula is C17H22ClNO3. The smallest absolute Gasteiger partial charge is 0.248 e. The fraction of sp³-hybridized carbons (Fsp3) is 0.588. The number of fused-ring (bicyclic) bond motifs is 1. The molecule has 0 radical (unpaired) electrons. The van der Waals surface area contributed by atoms with Crippen LogP contribution in [-0.2, 0) is 27.2 Å². The molecule has 1 atom stereocenters. The second-order valence-corrected chi connectivity index (χ2v) is 6.35. The van der Waals surface area contributed by atoms with Crippen LogP contribution in [0.25, 0.3) is 0 Å². The summed E-state index contributed by atoms with van der Waals surface area (Å²) < 4.78 is 11.2. The highest BCUT2D eigenvalue weighted by Crippen LogP contribution is 2.25. The van der Waals surface area contributed by atoms with Gasteiger partial charge in [0.2, 0.25) is 5.91 Å². The fourth-order valence-electron chi connectivity index (χ4n) is 3.08. The lowest BCUT2D eigenvalue weighted by Gasteiger charge is -2.29. The van der Waals surface area contributed by atoms with Crippen LogP contribution in [0.15, 0.2) is 18.2 Å². The first-order chi connectivity index (χ1) is 10.7. The van der Waals surface area contributed by atoms with Crippen molar-refractivity contribution in [2.24, 2.45) is 0 Å². The first kappa shape index (κ1) is 15.8. The van der Waals surface area contributed by atoms with Gasteiger partial charge in [-0.1, -0.05) is 23.7 Å². The monoisotopic (exact) mass is 323 g/mol. The molecule has 0 saturated carbocycles. The highest BCUT2D eigenvalue weighted by Gasteiger charge is 2.22. The predicted octanol–water partition coefficient (Wildman–Crippen LogP) is 2.81. The van der Waals surface area contributed by atoms with Crippen molar-refractivity contribution >= 4 is 17.5 Å². The van der Waals surface area contributed by atoms with E-state index in [-0.39, 0.29) is 18.6 Å². The largest absolute Gasteiger partial charge is 0.376 e. The van der Waals surface area contributed by atoms with Crippen LogP contribution in [0.4, 0.5) is 0 Å². The van der Waals surface area contributed by atoms with Crippen molar-refractivity contribution in [3.8, 4) is 0 Å². The maximum atomic E-state index is 12.3. The lowest BCUT2D eigenvalue weighted by atomic mass is 10.00.